The number of carbonyl (C=O) groups excluding carboxylic acids is 2. The summed E-state index contributed by atoms with van der Waals surface area (Å²) < 4.78 is 5.77. The number of likely N-dealkylation sites (tertiary alicyclic amines) is 1. The van der Waals surface area contributed by atoms with E-state index in [1.54, 1.807) is 17.2 Å². The van der Waals surface area contributed by atoms with Gasteiger partial charge in [0.25, 0.3) is 5.91 Å². The van der Waals surface area contributed by atoms with Crippen molar-refractivity contribution in [3.63, 3.8) is 0 Å². The van der Waals surface area contributed by atoms with Crippen LogP contribution in [0.15, 0.2) is 24.4 Å². The molecule has 2 N–H and O–H groups in total. The van der Waals surface area contributed by atoms with Gasteiger partial charge in [-0.3, -0.25) is 14.7 Å². The number of hydrogen-bond acceptors (Lipinski definition) is 5. The summed E-state index contributed by atoms with van der Waals surface area (Å²) in [6.45, 7) is 3.44. The number of aromatic amines is 1. The van der Waals surface area contributed by atoms with Gasteiger partial charge in [-0.1, -0.05) is 6.92 Å². The van der Waals surface area contributed by atoms with Crippen LogP contribution in [0.3, 0.4) is 0 Å². The van der Waals surface area contributed by atoms with Gasteiger partial charge in [-0.15, -0.1) is 0 Å². The summed E-state index contributed by atoms with van der Waals surface area (Å²) in [5.74, 6) is 1.42. The molecule has 1 aliphatic heterocycles. The Labute approximate surface area is 194 Å². The number of nitrogens with one attached hydrogen (secondary N) is 2. The maximum Gasteiger partial charge on any atom is 0.274 e. The maximum absolute atomic E-state index is 13.0. The highest BCUT2D eigenvalue weighted by atomic mass is 16.5. The molecular weight excluding hydrogens is 418 g/mol. The summed E-state index contributed by atoms with van der Waals surface area (Å²) in [6.07, 6.45) is 10.1. The molecule has 2 aliphatic carbocycles. The minimum absolute atomic E-state index is 0.00940. The Morgan fingerprint density at radius 3 is 2.55 bits per heavy atom. The Bertz CT molecular complexity index is 985. The van der Waals surface area contributed by atoms with Crippen LogP contribution in [0.25, 0.3) is 11.3 Å². The fraction of sp³-hybridized carbons (Fsp3) is 0.600. The van der Waals surface area contributed by atoms with Crippen LogP contribution in [-0.2, 0) is 4.79 Å². The van der Waals surface area contributed by atoms with Crippen molar-refractivity contribution in [2.75, 3.05) is 13.1 Å². The second-order valence-corrected chi connectivity index (χ2v) is 9.90. The first-order valence-electron chi connectivity index (χ1n) is 12.3. The van der Waals surface area contributed by atoms with Crippen LogP contribution in [0.5, 0.6) is 5.88 Å². The second-order valence-electron chi connectivity index (χ2n) is 9.90. The first kappa shape index (κ1) is 21.9. The molecule has 8 nitrogen and oxygen atoms in total. The Morgan fingerprint density at radius 2 is 1.82 bits per heavy atom. The van der Waals surface area contributed by atoms with Gasteiger partial charge in [-0.2, -0.15) is 5.10 Å². The van der Waals surface area contributed by atoms with Gasteiger partial charge in [-0.05, 0) is 69.4 Å². The van der Waals surface area contributed by atoms with Gasteiger partial charge in [0, 0.05) is 42.9 Å². The van der Waals surface area contributed by atoms with Crippen LogP contribution in [0.1, 0.15) is 68.8 Å². The fourth-order valence-corrected chi connectivity index (χ4v) is 4.81. The average Bonchev–Trinajstić information content (AvgIpc) is 3.51. The zero-order valence-electron chi connectivity index (χ0n) is 19.3. The minimum Gasteiger partial charge on any atom is -0.474 e. The number of amides is 2. The number of nitrogens with zero attached hydrogens (tertiary/aromatic N) is 3. The number of pyridine rings is 1. The summed E-state index contributed by atoms with van der Waals surface area (Å²) in [5, 5.41) is 10.5. The highest BCUT2D eigenvalue weighted by molar-refractivity contribution is 5.93. The molecule has 5 rings (SSSR count). The minimum atomic E-state index is -0.0962. The summed E-state index contributed by atoms with van der Waals surface area (Å²) in [5.41, 5.74) is 2.04. The van der Waals surface area contributed by atoms with Crippen molar-refractivity contribution in [2.24, 2.45) is 11.8 Å². The van der Waals surface area contributed by atoms with Crippen LogP contribution in [0.2, 0.25) is 0 Å². The Morgan fingerprint density at radius 1 is 1.06 bits per heavy atom. The van der Waals surface area contributed by atoms with Crippen LogP contribution < -0.4 is 10.1 Å². The molecule has 176 valence electrons. The van der Waals surface area contributed by atoms with Crippen LogP contribution in [0, 0.1) is 11.8 Å². The lowest BCUT2D eigenvalue weighted by Gasteiger charge is -2.33. The largest absolute Gasteiger partial charge is 0.474 e. The van der Waals surface area contributed by atoms with Crippen molar-refractivity contribution in [3.05, 3.63) is 30.1 Å². The number of piperidine rings is 1. The molecule has 1 saturated heterocycles. The van der Waals surface area contributed by atoms with Crippen molar-refractivity contribution in [2.45, 2.75) is 70.4 Å². The lowest BCUT2D eigenvalue weighted by atomic mass is 9.86. The Balaban J connectivity index is 1.14. The number of hydrogen-bond donors (Lipinski definition) is 2. The van der Waals surface area contributed by atoms with Gasteiger partial charge in [0.15, 0.2) is 5.69 Å². The first-order chi connectivity index (χ1) is 16.0. The van der Waals surface area contributed by atoms with Gasteiger partial charge in [0.1, 0.15) is 6.10 Å². The van der Waals surface area contributed by atoms with E-state index in [0.717, 1.165) is 42.9 Å². The van der Waals surface area contributed by atoms with E-state index < -0.39 is 0 Å². The van der Waals surface area contributed by atoms with Crippen LogP contribution >= 0.6 is 0 Å². The van der Waals surface area contributed by atoms with Crippen molar-refractivity contribution in [1.82, 2.24) is 25.4 Å². The molecule has 2 aromatic rings. The lowest BCUT2D eigenvalue weighted by molar-refractivity contribution is -0.127. The third-order valence-electron chi connectivity index (χ3n) is 7.17. The summed E-state index contributed by atoms with van der Waals surface area (Å²) in [7, 11) is 0. The molecule has 0 radical (unpaired) electrons. The van der Waals surface area contributed by atoms with E-state index in [-0.39, 0.29) is 23.8 Å². The van der Waals surface area contributed by atoms with E-state index in [9.17, 15) is 9.59 Å². The van der Waals surface area contributed by atoms with Crippen molar-refractivity contribution < 1.29 is 14.3 Å². The van der Waals surface area contributed by atoms with Gasteiger partial charge >= 0.3 is 0 Å². The van der Waals surface area contributed by atoms with Crippen LogP contribution in [0.4, 0.5) is 0 Å². The summed E-state index contributed by atoms with van der Waals surface area (Å²) >= 11 is 0. The van der Waals surface area contributed by atoms with Crippen molar-refractivity contribution in [3.8, 4) is 17.1 Å². The number of aromatic nitrogens is 3. The topological polar surface area (TPSA) is 100 Å². The predicted octanol–water partition coefficient (Wildman–Crippen LogP) is 3.56. The predicted molar refractivity (Wildman–Crippen MR) is 124 cm³/mol. The lowest BCUT2D eigenvalue weighted by Crippen LogP contribution is -2.46. The molecule has 33 heavy (non-hydrogen) atoms. The number of H-pyrrole nitrogens is 1. The number of rotatable bonds is 6. The van der Waals surface area contributed by atoms with Gasteiger partial charge < -0.3 is 15.0 Å². The van der Waals surface area contributed by atoms with Crippen molar-refractivity contribution in [1.29, 1.82) is 0 Å². The molecule has 0 unspecified atom stereocenters. The standard InChI is InChI=1S/C25H33N5O3/c1-16-2-4-19(5-3-16)27-24(31)17-9-12-30(13-10-17)25(32)22-15-21(28-29-22)18-8-11-26-23(14-18)33-20-6-7-20/h8,11,14-17,19-20H,2-7,9-10,12-13H2,1H3,(H,27,31)(H,28,29). The second kappa shape index (κ2) is 9.53. The molecule has 3 heterocycles. The Hall–Kier alpha value is -2.90. The molecular formula is C25H33N5O3. The number of carbonyl (C=O) groups is 2. The van der Waals surface area contributed by atoms with Crippen molar-refractivity contribution >= 4 is 11.8 Å². The van der Waals surface area contributed by atoms with E-state index in [4.69, 9.17) is 4.74 Å². The SMILES string of the molecule is CC1CCC(NC(=O)C2CCN(C(=O)c3cc(-c4ccnc(OC5CC5)c4)[nH]n3)CC2)CC1. The molecule has 0 spiro atoms. The molecule has 0 atom stereocenters. The number of ether oxygens (including phenoxy) is 1. The molecule has 0 aromatic carbocycles. The van der Waals surface area contributed by atoms with E-state index >= 15 is 0 Å². The zero-order valence-corrected chi connectivity index (χ0v) is 19.3. The van der Waals surface area contributed by atoms with Crippen LogP contribution in [-0.4, -0.2) is 57.1 Å². The average molecular weight is 452 g/mol. The third kappa shape index (κ3) is 5.37. The summed E-state index contributed by atoms with van der Waals surface area (Å²) in [6, 6.07) is 5.84. The van der Waals surface area contributed by atoms with E-state index in [2.05, 4.69) is 27.4 Å². The molecule has 3 aliphatic rings. The molecule has 0 bridgehead atoms. The Kier molecular flexibility index (Phi) is 6.33. The molecule has 2 saturated carbocycles. The highest BCUT2D eigenvalue weighted by Crippen LogP contribution is 2.28. The maximum atomic E-state index is 13.0. The quantitative estimate of drug-likeness (QED) is 0.699. The van der Waals surface area contributed by atoms with E-state index in [0.29, 0.717) is 43.5 Å². The highest BCUT2D eigenvalue weighted by Gasteiger charge is 2.30. The van der Waals surface area contributed by atoms with Gasteiger partial charge in [0.2, 0.25) is 11.8 Å². The van der Waals surface area contributed by atoms with E-state index in [1.807, 2.05) is 12.1 Å². The normalized spacial score (nSPS) is 23.8. The first-order valence-corrected chi connectivity index (χ1v) is 12.3. The molecule has 8 heteroatoms. The van der Waals surface area contributed by atoms with Gasteiger partial charge in [0.05, 0.1) is 5.69 Å². The monoisotopic (exact) mass is 451 g/mol. The smallest absolute Gasteiger partial charge is 0.274 e. The third-order valence-corrected chi connectivity index (χ3v) is 7.17. The fourth-order valence-electron chi connectivity index (χ4n) is 4.81. The molecule has 2 aromatic heterocycles. The zero-order chi connectivity index (χ0) is 22.8. The summed E-state index contributed by atoms with van der Waals surface area (Å²) in [4.78, 5) is 31.8. The molecule has 3 fully saturated rings. The van der Waals surface area contributed by atoms with E-state index in [1.165, 1.54) is 12.8 Å². The van der Waals surface area contributed by atoms with Gasteiger partial charge in [-0.25, -0.2) is 4.98 Å². The molecule has 2 amide bonds.